The van der Waals surface area contributed by atoms with E-state index in [4.69, 9.17) is 16.3 Å². The predicted octanol–water partition coefficient (Wildman–Crippen LogP) is 6.66. The van der Waals surface area contributed by atoms with Crippen molar-refractivity contribution < 1.29 is 9.13 Å². The average molecular weight is 405 g/mol. The monoisotopic (exact) mass is 404 g/mol. The van der Waals surface area contributed by atoms with Crippen LogP contribution in [-0.4, -0.2) is 6.21 Å². The molecule has 0 spiro atoms. The molecular weight excluding hydrogens is 387 g/mol. The van der Waals surface area contributed by atoms with Gasteiger partial charge in [-0.15, -0.1) is 0 Å². The van der Waals surface area contributed by atoms with Crippen LogP contribution in [-0.2, 0) is 6.61 Å². The highest BCUT2D eigenvalue weighted by atomic mass is 35.5. The van der Waals surface area contributed by atoms with E-state index < -0.39 is 0 Å². The largest absolute Gasteiger partial charge is 0.488 e. The minimum atomic E-state index is -0.263. The van der Waals surface area contributed by atoms with Crippen LogP contribution in [0.5, 0.6) is 5.75 Å². The summed E-state index contributed by atoms with van der Waals surface area (Å²) in [6.45, 7) is 0.337. The molecule has 5 heteroatoms. The molecule has 4 aromatic rings. The second-order valence-electron chi connectivity index (χ2n) is 6.49. The molecule has 0 aromatic heterocycles. The summed E-state index contributed by atoms with van der Waals surface area (Å²) in [7, 11) is 0. The highest BCUT2D eigenvalue weighted by Gasteiger charge is 2.08. The highest BCUT2D eigenvalue weighted by molar-refractivity contribution is 6.30. The molecule has 3 nitrogen and oxygen atoms in total. The zero-order valence-corrected chi connectivity index (χ0v) is 16.2. The second-order valence-corrected chi connectivity index (χ2v) is 6.93. The number of nitrogens with one attached hydrogen (secondary N) is 1. The van der Waals surface area contributed by atoms with E-state index in [9.17, 15) is 4.39 Å². The van der Waals surface area contributed by atoms with Crippen LogP contribution in [0.3, 0.4) is 0 Å². The van der Waals surface area contributed by atoms with Crippen LogP contribution in [0, 0.1) is 5.82 Å². The van der Waals surface area contributed by atoms with Gasteiger partial charge in [-0.1, -0.05) is 54.1 Å². The molecule has 0 heterocycles. The van der Waals surface area contributed by atoms with Crippen molar-refractivity contribution in [3.8, 4) is 5.75 Å². The molecule has 0 aliphatic rings. The Morgan fingerprint density at radius 2 is 1.66 bits per heavy atom. The number of rotatable bonds is 6. The Kier molecular flexibility index (Phi) is 5.73. The Labute approximate surface area is 173 Å². The number of hydrogen-bond donors (Lipinski definition) is 1. The first kappa shape index (κ1) is 19.0. The number of ether oxygens (including phenoxy) is 1. The van der Waals surface area contributed by atoms with E-state index in [2.05, 4.69) is 10.5 Å². The lowest BCUT2D eigenvalue weighted by Gasteiger charge is -2.12. The fourth-order valence-corrected chi connectivity index (χ4v) is 3.10. The van der Waals surface area contributed by atoms with E-state index >= 15 is 0 Å². The summed E-state index contributed by atoms with van der Waals surface area (Å²) in [6, 6.07) is 25.6. The quantitative estimate of drug-likeness (QED) is 0.288. The van der Waals surface area contributed by atoms with E-state index in [0.717, 1.165) is 27.6 Å². The number of hydrazone groups is 1. The Balaban J connectivity index is 1.60. The van der Waals surface area contributed by atoms with Crippen molar-refractivity contribution in [3.63, 3.8) is 0 Å². The Morgan fingerprint density at radius 1 is 0.897 bits per heavy atom. The normalized spacial score (nSPS) is 11.1. The van der Waals surface area contributed by atoms with Crippen molar-refractivity contribution in [2.45, 2.75) is 6.61 Å². The Hall–Kier alpha value is -3.37. The van der Waals surface area contributed by atoms with Gasteiger partial charge in [0.15, 0.2) is 0 Å². The van der Waals surface area contributed by atoms with Crippen molar-refractivity contribution in [3.05, 3.63) is 107 Å². The van der Waals surface area contributed by atoms with Crippen molar-refractivity contribution >= 4 is 34.3 Å². The first-order chi connectivity index (χ1) is 14.2. The number of nitrogens with zero attached hydrogens (tertiary/aromatic N) is 1. The van der Waals surface area contributed by atoms with Gasteiger partial charge >= 0.3 is 0 Å². The third-order valence-electron chi connectivity index (χ3n) is 4.47. The molecule has 0 saturated carbocycles. The van der Waals surface area contributed by atoms with Gasteiger partial charge in [0.1, 0.15) is 18.2 Å². The van der Waals surface area contributed by atoms with E-state index in [1.54, 1.807) is 30.5 Å². The summed E-state index contributed by atoms with van der Waals surface area (Å²) in [5.41, 5.74) is 5.60. The van der Waals surface area contributed by atoms with Gasteiger partial charge in [-0.25, -0.2) is 4.39 Å². The van der Waals surface area contributed by atoms with Gasteiger partial charge in [0, 0.05) is 10.6 Å². The highest BCUT2D eigenvalue weighted by Crippen LogP contribution is 2.27. The zero-order valence-electron chi connectivity index (χ0n) is 15.5. The molecule has 0 aliphatic heterocycles. The van der Waals surface area contributed by atoms with E-state index in [1.165, 1.54) is 12.1 Å². The van der Waals surface area contributed by atoms with Crippen LogP contribution in [0.1, 0.15) is 11.1 Å². The van der Waals surface area contributed by atoms with E-state index in [0.29, 0.717) is 17.4 Å². The zero-order chi connectivity index (χ0) is 20.1. The third-order valence-corrected chi connectivity index (χ3v) is 4.72. The van der Waals surface area contributed by atoms with Gasteiger partial charge in [0.2, 0.25) is 0 Å². The van der Waals surface area contributed by atoms with Crippen LogP contribution in [0.2, 0.25) is 5.02 Å². The molecule has 0 radical (unpaired) electrons. The minimum Gasteiger partial charge on any atom is -0.488 e. The molecule has 29 heavy (non-hydrogen) atoms. The Bertz CT molecular complexity index is 1140. The molecule has 1 N–H and O–H groups in total. The van der Waals surface area contributed by atoms with Crippen molar-refractivity contribution in [2.24, 2.45) is 5.10 Å². The second kappa shape index (κ2) is 8.76. The van der Waals surface area contributed by atoms with Crippen LogP contribution >= 0.6 is 11.6 Å². The molecule has 0 saturated heterocycles. The lowest BCUT2D eigenvalue weighted by atomic mass is 10.0. The predicted molar refractivity (Wildman–Crippen MR) is 117 cm³/mol. The van der Waals surface area contributed by atoms with Crippen molar-refractivity contribution in [2.75, 3.05) is 5.43 Å². The maximum absolute atomic E-state index is 13.1. The summed E-state index contributed by atoms with van der Waals surface area (Å²) < 4.78 is 19.1. The topological polar surface area (TPSA) is 33.6 Å². The summed E-state index contributed by atoms with van der Waals surface area (Å²) in [6.07, 6.45) is 1.75. The van der Waals surface area contributed by atoms with Crippen LogP contribution in [0.25, 0.3) is 10.8 Å². The number of fused-ring (bicyclic) bond motifs is 1. The fourth-order valence-electron chi connectivity index (χ4n) is 2.97. The molecule has 0 atom stereocenters. The summed E-state index contributed by atoms with van der Waals surface area (Å²) >= 11 is 5.92. The average Bonchev–Trinajstić information content (AvgIpc) is 2.75. The van der Waals surface area contributed by atoms with Gasteiger partial charge in [-0.05, 0) is 58.8 Å². The number of halogens is 2. The standard InChI is InChI=1S/C24H18ClFN2O/c25-19-8-12-21(13-9-19)28-27-15-23-22-4-2-1-3-18(22)7-14-24(23)29-16-17-5-10-20(26)11-6-17/h1-15,28H,16H2. The lowest BCUT2D eigenvalue weighted by molar-refractivity contribution is 0.306. The van der Waals surface area contributed by atoms with Gasteiger partial charge in [0.25, 0.3) is 0 Å². The van der Waals surface area contributed by atoms with Crippen LogP contribution < -0.4 is 10.2 Å². The fraction of sp³-hybridized carbons (Fsp3) is 0.0417. The molecule has 144 valence electrons. The smallest absolute Gasteiger partial charge is 0.129 e. The van der Waals surface area contributed by atoms with Crippen LogP contribution in [0.15, 0.2) is 90.0 Å². The maximum Gasteiger partial charge on any atom is 0.129 e. The van der Waals surface area contributed by atoms with Gasteiger partial charge in [-0.3, -0.25) is 5.43 Å². The van der Waals surface area contributed by atoms with Gasteiger partial charge < -0.3 is 4.74 Å². The minimum absolute atomic E-state index is 0.263. The molecule has 0 fully saturated rings. The lowest BCUT2D eigenvalue weighted by Crippen LogP contribution is -2.00. The summed E-state index contributed by atoms with van der Waals surface area (Å²) in [4.78, 5) is 0. The van der Waals surface area contributed by atoms with Gasteiger partial charge in [0.05, 0.1) is 11.9 Å². The van der Waals surface area contributed by atoms with Gasteiger partial charge in [-0.2, -0.15) is 5.10 Å². The van der Waals surface area contributed by atoms with Crippen molar-refractivity contribution in [1.82, 2.24) is 0 Å². The molecule has 0 amide bonds. The SMILES string of the molecule is Fc1ccc(COc2ccc3ccccc3c2C=NNc2ccc(Cl)cc2)cc1. The molecular formula is C24H18ClFN2O. The maximum atomic E-state index is 13.1. The first-order valence-electron chi connectivity index (χ1n) is 9.13. The summed E-state index contributed by atoms with van der Waals surface area (Å²) in [5.74, 6) is 0.440. The molecule has 0 bridgehead atoms. The van der Waals surface area contributed by atoms with Crippen molar-refractivity contribution in [1.29, 1.82) is 0 Å². The number of benzene rings is 4. The molecule has 4 rings (SSSR count). The first-order valence-corrected chi connectivity index (χ1v) is 9.50. The van der Waals surface area contributed by atoms with E-state index in [-0.39, 0.29) is 5.82 Å². The Morgan fingerprint density at radius 3 is 2.45 bits per heavy atom. The van der Waals surface area contributed by atoms with Crippen LogP contribution in [0.4, 0.5) is 10.1 Å². The van der Waals surface area contributed by atoms with E-state index in [1.807, 2.05) is 48.5 Å². The molecule has 0 unspecified atom stereocenters. The number of hydrogen-bond acceptors (Lipinski definition) is 3. The number of anilines is 1. The third kappa shape index (κ3) is 4.73. The molecule has 0 aliphatic carbocycles. The summed E-state index contributed by atoms with van der Waals surface area (Å²) in [5, 5.41) is 7.17. The molecule has 4 aromatic carbocycles.